The second-order valence-electron chi connectivity index (χ2n) is 12.3. The van der Waals surface area contributed by atoms with Crippen molar-refractivity contribution in [2.45, 2.75) is 77.9 Å². The van der Waals surface area contributed by atoms with E-state index in [0.29, 0.717) is 37.0 Å². The van der Waals surface area contributed by atoms with Gasteiger partial charge in [0, 0.05) is 25.1 Å². The summed E-state index contributed by atoms with van der Waals surface area (Å²) in [6.45, 7) is 11.6. The highest BCUT2D eigenvalue weighted by molar-refractivity contribution is 5.91. The molecule has 50 heavy (non-hydrogen) atoms. The van der Waals surface area contributed by atoms with E-state index in [1.165, 1.54) is 23.3 Å². The van der Waals surface area contributed by atoms with Gasteiger partial charge in [0.2, 0.25) is 17.7 Å². The summed E-state index contributed by atoms with van der Waals surface area (Å²) in [5.41, 5.74) is 8.71. The lowest BCUT2D eigenvalue weighted by atomic mass is 10.1. The number of alkyl carbamates (subject to hydrolysis) is 1. The molecule has 0 bridgehead atoms. The first kappa shape index (κ1) is 40.0. The number of nitrogens with one attached hydrogen (secondary N) is 2. The van der Waals surface area contributed by atoms with Crippen molar-refractivity contribution in [3.8, 4) is 0 Å². The Morgan fingerprint density at radius 1 is 1.04 bits per heavy atom. The first-order valence-electron chi connectivity index (χ1n) is 17.8. The Bertz CT molecular complexity index is 1470. The molecule has 5 rings (SSSR count). The molecule has 3 amide bonds. The van der Waals surface area contributed by atoms with Crippen LogP contribution in [0.2, 0.25) is 0 Å². The van der Waals surface area contributed by atoms with Crippen LogP contribution < -0.4 is 16.4 Å². The van der Waals surface area contributed by atoms with Gasteiger partial charge in [0.1, 0.15) is 18.1 Å². The molecule has 2 heterocycles. The number of unbranched alkanes of at least 4 members (excludes halogenated alkanes) is 1. The summed E-state index contributed by atoms with van der Waals surface area (Å²) in [6, 6.07) is 17.2. The average Bonchev–Trinajstić information content (AvgIpc) is 3.71. The standard InChI is InChI=1S/C27H34N4O6.C8H10.C4H11N/c1-3-7-19(26-30-21-8-5-6-9-23(21)37-26)14-28-25(33)22-13-20(35-12-4-2)16-31(22)24(32)15-29-27(34)36-17-18-10-11-18;1-2-8-6-4-3-5-7-8;1-2-3-4-5/h4-9,18,20,22H,2-3,10-17H2,1H3,(H,28,33)(H,29,34);3-7H,2H2,1H3;2-5H2,1H3/b19-7+;;. The van der Waals surface area contributed by atoms with E-state index in [4.69, 9.17) is 19.6 Å². The molecule has 2 fully saturated rings. The molecule has 2 atom stereocenters. The molecule has 1 aromatic heterocycles. The Labute approximate surface area is 296 Å². The molecule has 3 aromatic rings. The lowest BCUT2D eigenvalue weighted by Gasteiger charge is -2.24. The van der Waals surface area contributed by atoms with Crippen LogP contribution in [0.5, 0.6) is 0 Å². The van der Waals surface area contributed by atoms with E-state index < -0.39 is 12.1 Å². The van der Waals surface area contributed by atoms with Crippen molar-refractivity contribution in [1.82, 2.24) is 20.5 Å². The fourth-order valence-corrected chi connectivity index (χ4v) is 5.13. The fraction of sp³-hybridized carbons (Fsp3) is 0.487. The van der Waals surface area contributed by atoms with Gasteiger partial charge in [-0.3, -0.25) is 9.59 Å². The van der Waals surface area contributed by atoms with Crippen molar-refractivity contribution in [3.63, 3.8) is 0 Å². The summed E-state index contributed by atoms with van der Waals surface area (Å²) < 4.78 is 16.7. The van der Waals surface area contributed by atoms with E-state index in [2.05, 4.69) is 60.3 Å². The Morgan fingerprint density at radius 3 is 2.38 bits per heavy atom. The Kier molecular flexibility index (Phi) is 17.8. The molecule has 2 aromatic carbocycles. The summed E-state index contributed by atoms with van der Waals surface area (Å²) in [5, 5.41) is 5.42. The number of amides is 3. The van der Waals surface area contributed by atoms with Gasteiger partial charge in [-0.25, -0.2) is 9.78 Å². The quantitative estimate of drug-likeness (QED) is 0.164. The van der Waals surface area contributed by atoms with Crippen molar-refractivity contribution >= 4 is 34.6 Å². The van der Waals surface area contributed by atoms with E-state index in [9.17, 15) is 14.4 Å². The van der Waals surface area contributed by atoms with Gasteiger partial charge < -0.3 is 35.2 Å². The first-order chi connectivity index (χ1) is 24.3. The molecule has 1 saturated carbocycles. The number of benzene rings is 2. The average molecular weight is 690 g/mol. The minimum Gasteiger partial charge on any atom is -0.449 e. The number of hydrogen-bond acceptors (Lipinski definition) is 8. The highest BCUT2D eigenvalue weighted by atomic mass is 16.5. The lowest BCUT2D eigenvalue weighted by Crippen LogP contribution is -2.49. The number of nitrogens with zero attached hydrogens (tertiary/aromatic N) is 2. The second kappa shape index (κ2) is 22.3. The third kappa shape index (κ3) is 13.8. The van der Waals surface area contributed by atoms with Crippen molar-refractivity contribution in [3.05, 3.63) is 84.8 Å². The van der Waals surface area contributed by atoms with Crippen molar-refractivity contribution in [2.24, 2.45) is 11.7 Å². The number of nitrogens with two attached hydrogens (primary N) is 1. The SMILES string of the molecule is C=CCOC1CC(C(=O)NC/C(=C\CC)c2nc3ccccc3o2)N(C(=O)CNC(=O)OCC2CC2)C1.CCCCN.CCc1ccccc1. The third-order valence-electron chi connectivity index (χ3n) is 8.15. The van der Waals surface area contributed by atoms with E-state index >= 15 is 0 Å². The number of allylic oxidation sites excluding steroid dienone is 1. The molecule has 0 spiro atoms. The zero-order valence-corrected chi connectivity index (χ0v) is 29.9. The van der Waals surface area contributed by atoms with Crippen LogP contribution in [0.3, 0.4) is 0 Å². The van der Waals surface area contributed by atoms with Gasteiger partial charge in [-0.2, -0.15) is 0 Å². The highest BCUT2D eigenvalue weighted by Crippen LogP contribution is 2.28. The summed E-state index contributed by atoms with van der Waals surface area (Å²) in [4.78, 5) is 44.1. The van der Waals surface area contributed by atoms with Crippen LogP contribution >= 0.6 is 0 Å². The van der Waals surface area contributed by atoms with E-state index in [-0.39, 0.29) is 37.6 Å². The van der Waals surface area contributed by atoms with Gasteiger partial charge in [0.15, 0.2) is 5.58 Å². The van der Waals surface area contributed by atoms with E-state index in [1.807, 2.05) is 43.3 Å². The second-order valence-corrected chi connectivity index (χ2v) is 12.3. The van der Waals surface area contributed by atoms with Crippen LogP contribution in [0.4, 0.5) is 4.79 Å². The monoisotopic (exact) mass is 689 g/mol. The number of oxazole rings is 1. The number of rotatable bonds is 15. The number of hydrogen-bond donors (Lipinski definition) is 3. The number of fused-ring (bicyclic) bond motifs is 1. The Hall–Kier alpha value is -4.48. The summed E-state index contributed by atoms with van der Waals surface area (Å²) in [7, 11) is 0. The molecule has 1 aliphatic carbocycles. The summed E-state index contributed by atoms with van der Waals surface area (Å²) >= 11 is 0. The maximum absolute atomic E-state index is 13.2. The number of likely N-dealkylation sites (tertiary alicyclic amines) is 1. The molecular weight excluding hydrogens is 634 g/mol. The van der Waals surface area contributed by atoms with Gasteiger partial charge in [-0.15, -0.1) is 6.58 Å². The van der Waals surface area contributed by atoms with Crippen molar-refractivity contribution < 1.29 is 28.3 Å². The normalized spacial score (nSPS) is 16.8. The van der Waals surface area contributed by atoms with Crippen LogP contribution in [0, 0.1) is 5.92 Å². The number of ether oxygens (including phenoxy) is 2. The van der Waals surface area contributed by atoms with Gasteiger partial charge in [0.25, 0.3) is 0 Å². The number of carbonyl (C=O) groups is 3. The van der Waals surface area contributed by atoms with Gasteiger partial charge in [0.05, 0.1) is 19.3 Å². The molecule has 11 nitrogen and oxygen atoms in total. The van der Waals surface area contributed by atoms with Crippen LogP contribution in [-0.4, -0.2) is 79.3 Å². The van der Waals surface area contributed by atoms with Gasteiger partial charge in [-0.1, -0.05) is 81.8 Å². The maximum atomic E-state index is 13.2. The first-order valence-corrected chi connectivity index (χ1v) is 17.8. The van der Waals surface area contributed by atoms with E-state index in [0.717, 1.165) is 43.3 Å². The molecule has 2 unspecified atom stereocenters. The van der Waals surface area contributed by atoms with E-state index in [1.54, 1.807) is 6.08 Å². The van der Waals surface area contributed by atoms with Gasteiger partial charge in [-0.05, 0) is 62.3 Å². The van der Waals surface area contributed by atoms with Crippen LogP contribution in [0.25, 0.3) is 16.7 Å². The predicted molar refractivity (Wildman–Crippen MR) is 197 cm³/mol. The number of carbonyl (C=O) groups excluding carboxylic acids is 3. The van der Waals surface area contributed by atoms with Crippen LogP contribution in [0.1, 0.15) is 70.8 Å². The summed E-state index contributed by atoms with van der Waals surface area (Å²) in [5.74, 6) is 0.185. The molecule has 2 aliphatic rings. The summed E-state index contributed by atoms with van der Waals surface area (Å²) in [6.07, 6.45) is 9.35. The zero-order chi connectivity index (χ0) is 36.1. The van der Waals surface area contributed by atoms with Crippen molar-refractivity contribution in [1.29, 1.82) is 0 Å². The Balaban J connectivity index is 0.000000436. The van der Waals surface area contributed by atoms with Crippen molar-refractivity contribution in [2.75, 3.05) is 39.4 Å². The highest BCUT2D eigenvalue weighted by Gasteiger charge is 2.40. The molecular formula is C39H55N5O6. The van der Waals surface area contributed by atoms with Gasteiger partial charge >= 0.3 is 6.09 Å². The molecule has 0 radical (unpaired) electrons. The zero-order valence-electron chi connectivity index (χ0n) is 29.9. The number of para-hydroxylation sites is 2. The molecule has 4 N–H and O–H groups in total. The maximum Gasteiger partial charge on any atom is 0.407 e. The lowest BCUT2D eigenvalue weighted by molar-refractivity contribution is -0.137. The molecule has 1 saturated heterocycles. The van der Waals surface area contributed by atoms with Crippen LogP contribution in [-0.2, 0) is 25.5 Å². The number of aryl methyl sites for hydroxylation is 1. The topological polar surface area (TPSA) is 149 Å². The van der Waals surface area contributed by atoms with Crippen LogP contribution in [0.15, 0.2) is 77.7 Å². The third-order valence-corrected chi connectivity index (χ3v) is 8.15. The smallest absolute Gasteiger partial charge is 0.407 e. The largest absolute Gasteiger partial charge is 0.449 e. The number of aromatic nitrogens is 1. The molecule has 1 aliphatic heterocycles. The fourth-order valence-electron chi connectivity index (χ4n) is 5.13. The Morgan fingerprint density at radius 2 is 1.78 bits per heavy atom. The molecule has 11 heteroatoms. The molecule has 272 valence electrons. The minimum atomic E-state index is -0.738. The predicted octanol–water partition coefficient (Wildman–Crippen LogP) is 6.04. The minimum absolute atomic E-state index is 0.196.